The average molecular weight is 155 g/mol. The van der Waals surface area contributed by atoms with Gasteiger partial charge in [0.2, 0.25) is 0 Å². The van der Waals surface area contributed by atoms with Crippen molar-refractivity contribution in [3.8, 4) is 0 Å². The second-order valence-electron chi connectivity index (χ2n) is 2.77. The first-order valence-corrected chi connectivity index (χ1v) is 4.04. The zero-order valence-corrected chi connectivity index (χ0v) is 6.73. The lowest BCUT2D eigenvalue weighted by Gasteiger charge is -1.89. The molecule has 0 aromatic heterocycles. The molecule has 1 saturated heterocycles. The molecule has 0 N–H and O–H groups in total. The van der Waals surface area contributed by atoms with Crippen LogP contribution in [0.25, 0.3) is 10.4 Å². The van der Waals surface area contributed by atoms with Gasteiger partial charge in [-0.1, -0.05) is 24.9 Å². The van der Waals surface area contributed by atoms with Crippen LogP contribution in [0.4, 0.5) is 0 Å². The Balaban J connectivity index is 2.02. The molecule has 1 heterocycles. The highest BCUT2D eigenvalue weighted by Gasteiger charge is 2.36. The molecule has 0 saturated carbocycles. The summed E-state index contributed by atoms with van der Waals surface area (Å²) in [5.74, 6) is 0. The maximum Gasteiger partial charge on any atom is 0.0898 e. The van der Waals surface area contributed by atoms with Crippen molar-refractivity contribution in [1.29, 1.82) is 0 Å². The molecule has 0 aliphatic carbocycles. The minimum atomic E-state index is 0.220. The fourth-order valence-corrected chi connectivity index (χ4v) is 1.12. The van der Waals surface area contributed by atoms with Gasteiger partial charge in [-0.2, -0.15) is 0 Å². The fourth-order valence-electron chi connectivity index (χ4n) is 1.12. The molecule has 0 amide bonds. The standard InChI is InChI=1S/C7H13N3O/c1-2-3-4-6-7(11-6)5-9-10-8/h6-7H,2-5H2,1H3/t6-,7-/m0/s1. The van der Waals surface area contributed by atoms with Crippen LogP contribution in [0.2, 0.25) is 0 Å². The maximum atomic E-state index is 8.01. The monoisotopic (exact) mass is 155 g/mol. The summed E-state index contributed by atoms with van der Waals surface area (Å²) in [7, 11) is 0. The lowest BCUT2D eigenvalue weighted by atomic mass is 10.2. The Morgan fingerprint density at radius 2 is 2.36 bits per heavy atom. The molecule has 0 aromatic carbocycles. The number of hydrogen-bond acceptors (Lipinski definition) is 2. The highest BCUT2D eigenvalue weighted by Crippen LogP contribution is 2.27. The first-order chi connectivity index (χ1) is 5.38. The molecule has 4 nitrogen and oxygen atoms in total. The van der Waals surface area contributed by atoms with Gasteiger partial charge >= 0.3 is 0 Å². The van der Waals surface area contributed by atoms with Crippen LogP contribution in [0, 0.1) is 0 Å². The SMILES string of the molecule is CCCC[C@@H]1O[C@H]1CN=[N+]=[N-]. The van der Waals surface area contributed by atoms with Crippen LogP contribution in [-0.4, -0.2) is 18.8 Å². The highest BCUT2D eigenvalue weighted by molar-refractivity contribution is 4.86. The van der Waals surface area contributed by atoms with Crippen molar-refractivity contribution in [3.63, 3.8) is 0 Å². The smallest absolute Gasteiger partial charge is 0.0898 e. The van der Waals surface area contributed by atoms with E-state index in [1.165, 1.54) is 12.8 Å². The van der Waals surface area contributed by atoms with Gasteiger partial charge in [0, 0.05) is 4.91 Å². The van der Waals surface area contributed by atoms with E-state index in [2.05, 4.69) is 16.9 Å². The third-order valence-corrected chi connectivity index (χ3v) is 1.85. The quantitative estimate of drug-likeness (QED) is 0.260. The Morgan fingerprint density at radius 1 is 1.55 bits per heavy atom. The molecular formula is C7H13N3O. The molecule has 4 heteroatoms. The number of hydrogen-bond donors (Lipinski definition) is 0. The third kappa shape index (κ3) is 2.78. The predicted octanol–water partition coefficient (Wildman–Crippen LogP) is 2.25. The molecule has 1 rings (SSSR count). The molecule has 1 fully saturated rings. The average Bonchev–Trinajstić information content (AvgIpc) is 2.76. The van der Waals surface area contributed by atoms with Gasteiger partial charge in [-0.05, 0) is 12.0 Å². The molecule has 0 bridgehead atoms. The second kappa shape index (κ2) is 4.21. The Labute approximate surface area is 66.2 Å². The Kier molecular flexibility index (Phi) is 3.20. The zero-order chi connectivity index (χ0) is 8.10. The van der Waals surface area contributed by atoms with Crippen LogP contribution in [0.5, 0.6) is 0 Å². The Hall–Kier alpha value is -0.730. The molecule has 1 aliphatic rings. The minimum absolute atomic E-state index is 0.220. The van der Waals surface area contributed by atoms with Crippen molar-refractivity contribution in [2.45, 2.75) is 38.4 Å². The van der Waals surface area contributed by atoms with Gasteiger partial charge in [0.25, 0.3) is 0 Å². The summed E-state index contributed by atoms with van der Waals surface area (Å²) in [4.78, 5) is 2.68. The summed E-state index contributed by atoms with van der Waals surface area (Å²) in [6.45, 7) is 2.66. The number of ether oxygens (including phenoxy) is 1. The van der Waals surface area contributed by atoms with Crippen LogP contribution in [0.1, 0.15) is 26.2 Å². The second-order valence-corrected chi connectivity index (χ2v) is 2.77. The lowest BCUT2D eigenvalue weighted by Crippen LogP contribution is -1.96. The van der Waals surface area contributed by atoms with Crippen LogP contribution in [0.15, 0.2) is 5.11 Å². The summed E-state index contributed by atoms with van der Waals surface area (Å²) >= 11 is 0. The van der Waals surface area contributed by atoms with Crippen molar-refractivity contribution in [2.24, 2.45) is 5.11 Å². The van der Waals surface area contributed by atoms with E-state index >= 15 is 0 Å². The van der Waals surface area contributed by atoms with Crippen molar-refractivity contribution >= 4 is 0 Å². The number of rotatable bonds is 5. The van der Waals surface area contributed by atoms with E-state index in [1.807, 2.05) is 0 Å². The summed E-state index contributed by atoms with van der Waals surface area (Å²) in [6.07, 6.45) is 4.12. The molecule has 1 aliphatic heterocycles. The number of unbranched alkanes of at least 4 members (excludes halogenated alkanes) is 1. The minimum Gasteiger partial charge on any atom is -0.369 e. The largest absolute Gasteiger partial charge is 0.369 e. The van der Waals surface area contributed by atoms with Gasteiger partial charge in [0.05, 0.1) is 18.8 Å². The molecule has 0 aromatic rings. The first-order valence-electron chi connectivity index (χ1n) is 4.04. The number of epoxide rings is 1. The van der Waals surface area contributed by atoms with Crippen molar-refractivity contribution in [1.82, 2.24) is 0 Å². The molecule has 0 spiro atoms. The molecular weight excluding hydrogens is 142 g/mol. The van der Waals surface area contributed by atoms with Crippen LogP contribution in [0.3, 0.4) is 0 Å². The summed E-state index contributed by atoms with van der Waals surface area (Å²) in [5.41, 5.74) is 8.01. The van der Waals surface area contributed by atoms with Crippen LogP contribution in [-0.2, 0) is 4.74 Å². The maximum absolute atomic E-state index is 8.01. The Morgan fingerprint density at radius 3 is 3.00 bits per heavy atom. The topological polar surface area (TPSA) is 61.3 Å². The van der Waals surface area contributed by atoms with E-state index in [0.717, 1.165) is 6.42 Å². The lowest BCUT2D eigenvalue weighted by molar-refractivity contribution is 0.361. The van der Waals surface area contributed by atoms with Gasteiger partial charge in [-0.15, -0.1) is 0 Å². The molecule has 0 unspecified atom stereocenters. The van der Waals surface area contributed by atoms with Gasteiger partial charge in [-0.25, -0.2) is 0 Å². The number of azide groups is 1. The molecule has 62 valence electrons. The van der Waals surface area contributed by atoms with E-state index in [9.17, 15) is 0 Å². The van der Waals surface area contributed by atoms with Gasteiger partial charge < -0.3 is 4.74 Å². The zero-order valence-electron chi connectivity index (χ0n) is 6.73. The van der Waals surface area contributed by atoms with E-state index in [4.69, 9.17) is 10.3 Å². The molecule has 0 radical (unpaired) electrons. The predicted molar refractivity (Wildman–Crippen MR) is 42.2 cm³/mol. The summed E-state index contributed by atoms with van der Waals surface area (Å²) < 4.78 is 5.26. The van der Waals surface area contributed by atoms with Crippen LogP contribution >= 0.6 is 0 Å². The summed E-state index contributed by atoms with van der Waals surface area (Å²) in [5, 5.41) is 3.45. The van der Waals surface area contributed by atoms with Crippen molar-refractivity contribution in [2.75, 3.05) is 6.54 Å². The normalized spacial score (nSPS) is 27.7. The van der Waals surface area contributed by atoms with E-state index in [1.54, 1.807) is 0 Å². The summed E-state index contributed by atoms with van der Waals surface area (Å²) in [6, 6.07) is 0. The van der Waals surface area contributed by atoms with Gasteiger partial charge in [0.1, 0.15) is 0 Å². The third-order valence-electron chi connectivity index (χ3n) is 1.85. The van der Waals surface area contributed by atoms with Gasteiger partial charge in [0.15, 0.2) is 0 Å². The Bertz CT molecular complexity index is 165. The van der Waals surface area contributed by atoms with Crippen molar-refractivity contribution < 1.29 is 4.74 Å². The first kappa shape index (κ1) is 8.37. The highest BCUT2D eigenvalue weighted by atomic mass is 16.6. The van der Waals surface area contributed by atoms with Crippen molar-refractivity contribution in [3.05, 3.63) is 10.4 Å². The van der Waals surface area contributed by atoms with E-state index in [-0.39, 0.29) is 6.10 Å². The molecule has 2 atom stereocenters. The fraction of sp³-hybridized carbons (Fsp3) is 1.00. The van der Waals surface area contributed by atoms with E-state index in [0.29, 0.717) is 12.6 Å². The molecule has 11 heavy (non-hydrogen) atoms. The van der Waals surface area contributed by atoms with Gasteiger partial charge in [-0.3, -0.25) is 0 Å². The van der Waals surface area contributed by atoms with Crippen LogP contribution < -0.4 is 0 Å². The van der Waals surface area contributed by atoms with E-state index < -0.39 is 0 Å². The number of nitrogens with zero attached hydrogens (tertiary/aromatic N) is 3.